The second-order valence-corrected chi connectivity index (χ2v) is 7.22. The molecule has 0 radical (unpaired) electrons. The molecule has 30 heavy (non-hydrogen) atoms. The second kappa shape index (κ2) is 8.64. The molecule has 0 saturated carbocycles. The molecule has 1 N–H and O–H groups in total. The molecule has 1 aliphatic heterocycles. The highest BCUT2D eigenvalue weighted by molar-refractivity contribution is 6.30. The number of hydrogen-bond acceptors (Lipinski definition) is 7. The SMILES string of the molecule is N#Cc1nc(Cl)cc2[nH]cnc12.N#Cc1nc(Cl)cc2c1ncn2C1CCCCO1. The third-order valence-electron chi connectivity index (χ3n) is 4.58. The van der Waals surface area contributed by atoms with Gasteiger partial charge in [-0.2, -0.15) is 10.5 Å². The van der Waals surface area contributed by atoms with Gasteiger partial charge in [0.05, 0.1) is 23.7 Å². The minimum absolute atomic E-state index is 0.0197. The van der Waals surface area contributed by atoms with Gasteiger partial charge in [0.2, 0.25) is 0 Å². The van der Waals surface area contributed by atoms with E-state index in [-0.39, 0.29) is 17.6 Å². The first-order valence-corrected chi connectivity index (χ1v) is 9.81. The van der Waals surface area contributed by atoms with Crippen molar-refractivity contribution in [3.63, 3.8) is 0 Å². The van der Waals surface area contributed by atoms with Crippen LogP contribution in [0.5, 0.6) is 0 Å². The summed E-state index contributed by atoms with van der Waals surface area (Å²) in [5.74, 6) is 0. The van der Waals surface area contributed by atoms with Crippen LogP contribution in [0.2, 0.25) is 10.3 Å². The first-order chi connectivity index (χ1) is 14.6. The van der Waals surface area contributed by atoms with E-state index in [1.165, 1.54) is 6.33 Å². The fourth-order valence-electron chi connectivity index (χ4n) is 3.24. The lowest BCUT2D eigenvalue weighted by atomic mass is 10.2. The molecule has 11 heteroatoms. The summed E-state index contributed by atoms with van der Waals surface area (Å²) >= 11 is 11.6. The van der Waals surface area contributed by atoms with Crippen LogP contribution in [0.15, 0.2) is 24.8 Å². The number of H-pyrrole nitrogens is 1. The zero-order chi connectivity index (χ0) is 21.1. The van der Waals surface area contributed by atoms with Crippen molar-refractivity contribution in [1.29, 1.82) is 10.5 Å². The summed E-state index contributed by atoms with van der Waals surface area (Å²) in [7, 11) is 0. The molecule has 1 unspecified atom stereocenters. The lowest BCUT2D eigenvalue weighted by molar-refractivity contribution is -0.0295. The average molecular weight is 441 g/mol. The van der Waals surface area contributed by atoms with Gasteiger partial charge in [0.15, 0.2) is 11.4 Å². The Kier molecular flexibility index (Phi) is 5.77. The number of nitrogens with zero attached hydrogens (tertiary/aromatic N) is 7. The molecule has 4 aromatic rings. The van der Waals surface area contributed by atoms with Crippen molar-refractivity contribution in [2.45, 2.75) is 25.5 Å². The summed E-state index contributed by atoms with van der Waals surface area (Å²) in [6.07, 6.45) is 6.35. The van der Waals surface area contributed by atoms with Gasteiger partial charge in [0.1, 0.15) is 39.7 Å². The smallest absolute Gasteiger partial charge is 0.170 e. The van der Waals surface area contributed by atoms with Crippen LogP contribution in [0.25, 0.3) is 22.1 Å². The molecule has 9 nitrogen and oxygen atoms in total. The first-order valence-electron chi connectivity index (χ1n) is 9.05. The van der Waals surface area contributed by atoms with E-state index in [1.54, 1.807) is 18.5 Å². The largest absolute Gasteiger partial charge is 0.358 e. The quantitative estimate of drug-likeness (QED) is 0.440. The molecule has 1 saturated heterocycles. The number of aromatic amines is 1. The molecule has 150 valence electrons. The number of ether oxygens (including phenoxy) is 1. The van der Waals surface area contributed by atoms with Crippen LogP contribution in [0.1, 0.15) is 36.9 Å². The molecule has 0 spiro atoms. The van der Waals surface area contributed by atoms with Gasteiger partial charge >= 0.3 is 0 Å². The number of halogens is 2. The molecule has 1 aliphatic rings. The van der Waals surface area contributed by atoms with Gasteiger partial charge in [-0.1, -0.05) is 23.2 Å². The van der Waals surface area contributed by atoms with E-state index in [0.717, 1.165) is 36.9 Å². The van der Waals surface area contributed by atoms with Crippen molar-refractivity contribution in [1.82, 2.24) is 29.5 Å². The van der Waals surface area contributed by atoms with Crippen LogP contribution in [-0.2, 0) is 4.74 Å². The molecular weight excluding hydrogens is 427 g/mol. The van der Waals surface area contributed by atoms with E-state index in [4.69, 9.17) is 38.5 Å². The zero-order valence-corrected chi connectivity index (χ0v) is 17.0. The normalized spacial score (nSPS) is 15.9. The van der Waals surface area contributed by atoms with Crippen molar-refractivity contribution in [3.8, 4) is 12.1 Å². The third-order valence-corrected chi connectivity index (χ3v) is 4.97. The minimum atomic E-state index is -0.0197. The fourth-order valence-corrected chi connectivity index (χ4v) is 3.62. The molecule has 0 amide bonds. The van der Waals surface area contributed by atoms with Crippen LogP contribution < -0.4 is 0 Å². The summed E-state index contributed by atoms with van der Waals surface area (Å²) in [5, 5.41) is 18.3. The van der Waals surface area contributed by atoms with E-state index in [9.17, 15) is 0 Å². The molecule has 0 bridgehead atoms. The third kappa shape index (κ3) is 3.91. The Labute approximate surface area is 180 Å². The van der Waals surface area contributed by atoms with Gasteiger partial charge in [0.25, 0.3) is 0 Å². The van der Waals surface area contributed by atoms with Crippen LogP contribution in [0.3, 0.4) is 0 Å². The maximum Gasteiger partial charge on any atom is 0.170 e. The monoisotopic (exact) mass is 440 g/mol. The number of nitrogens with one attached hydrogen (secondary N) is 1. The summed E-state index contributed by atoms with van der Waals surface area (Å²) in [6.45, 7) is 0.758. The maximum atomic E-state index is 9.03. The molecule has 1 atom stereocenters. The summed E-state index contributed by atoms with van der Waals surface area (Å²) < 4.78 is 7.65. The number of nitriles is 2. The summed E-state index contributed by atoms with van der Waals surface area (Å²) in [5.41, 5.74) is 3.17. The van der Waals surface area contributed by atoms with Crippen molar-refractivity contribution >= 4 is 45.3 Å². The highest BCUT2D eigenvalue weighted by Crippen LogP contribution is 2.28. The number of fused-ring (bicyclic) bond motifs is 2. The van der Waals surface area contributed by atoms with Gasteiger partial charge < -0.3 is 14.3 Å². The van der Waals surface area contributed by atoms with Crippen molar-refractivity contribution in [3.05, 3.63) is 46.5 Å². The molecule has 1 fully saturated rings. The maximum absolute atomic E-state index is 9.03. The first kappa shape index (κ1) is 20.0. The summed E-state index contributed by atoms with van der Waals surface area (Å²) in [6, 6.07) is 7.29. The van der Waals surface area contributed by atoms with E-state index >= 15 is 0 Å². The van der Waals surface area contributed by atoms with Crippen LogP contribution in [0, 0.1) is 22.7 Å². The Bertz CT molecular complexity index is 1290. The Hall–Kier alpha value is -3.24. The Morgan fingerprint density at radius 1 is 1.03 bits per heavy atom. The topological polar surface area (TPSA) is 129 Å². The lowest BCUT2D eigenvalue weighted by Gasteiger charge is -2.24. The van der Waals surface area contributed by atoms with E-state index in [2.05, 4.69) is 24.9 Å². The van der Waals surface area contributed by atoms with E-state index in [0.29, 0.717) is 21.3 Å². The van der Waals surface area contributed by atoms with Crippen LogP contribution in [-0.4, -0.2) is 36.1 Å². The van der Waals surface area contributed by atoms with Crippen molar-refractivity contribution in [2.75, 3.05) is 6.61 Å². The number of pyridine rings is 2. The average Bonchev–Trinajstić information content (AvgIpc) is 3.40. The van der Waals surface area contributed by atoms with Crippen molar-refractivity contribution < 1.29 is 4.74 Å². The molecule has 5 rings (SSSR count). The molecule has 4 aromatic heterocycles. The van der Waals surface area contributed by atoms with Gasteiger partial charge in [-0.3, -0.25) is 0 Å². The fraction of sp³-hybridized carbons (Fsp3) is 0.263. The van der Waals surface area contributed by atoms with Gasteiger partial charge in [-0.05, 0) is 19.3 Å². The van der Waals surface area contributed by atoms with E-state index in [1.807, 2.05) is 16.7 Å². The highest BCUT2D eigenvalue weighted by atomic mass is 35.5. The highest BCUT2D eigenvalue weighted by Gasteiger charge is 2.19. The van der Waals surface area contributed by atoms with Crippen LogP contribution >= 0.6 is 23.2 Å². The predicted molar refractivity (Wildman–Crippen MR) is 110 cm³/mol. The Balaban J connectivity index is 0.000000158. The molecule has 0 aromatic carbocycles. The van der Waals surface area contributed by atoms with E-state index < -0.39 is 0 Å². The predicted octanol–water partition coefficient (Wildman–Crippen LogP) is 4.14. The number of aromatic nitrogens is 6. The summed E-state index contributed by atoms with van der Waals surface area (Å²) in [4.78, 5) is 18.8. The molecule has 0 aliphatic carbocycles. The van der Waals surface area contributed by atoms with Crippen molar-refractivity contribution in [2.24, 2.45) is 0 Å². The van der Waals surface area contributed by atoms with Gasteiger partial charge in [-0.15, -0.1) is 0 Å². The Morgan fingerprint density at radius 2 is 1.77 bits per heavy atom. The number of hydrogen-bond donors (Lipinski definition) is 1. The zero-order valence-electron chi connectivity index (χ0n) is 15.5. The Morgan fingerprint density at radius 3 is 2.47 bits per heavy atom. The minimum Gasteiger partial charge on any atom is -0.358 e. The number of rotatable bonds is 1. The standard InChI is InChI=1S/C12H11ClN4O.C7H3ClN4/c13-10-5-9-12(8(6-14)16-10)15-7-17(9)11-3-1-2-4-18-11;8-6-1-4-7(11-3-10-4)5(2-9)12-6/h5,7,11H,1-4H2;1,3H,(H,10,11). The number of imidazole rings is 2. The molecular formula is C19H14Cl2N8O. The van der Waals surface area contributed by atoms with Gasteiger partial charge in [-0.25, -0.2) is 19.9 Å². The second-order valence-electron chi connectivity index (χ2n) is 6.45. The van der Waals surface area contributed by atoms with Gasteiger partial charge in [0, 0.05) is 18.7 Å². The molecule has 5 heterocycles. The lowest BCUT2D eigenvalue weighted by Crippen LogP contribution is -2.17. The van der Waals surface area contributed by atoms with Crippen LogP contribution in [0.4, 0.5) is 0 Å².